The van der Waals surface area contributed by atoms with Gasteiger partial charge < -0.3 is 61.3 Å². The van der Waals surface area contributed by atoms with Crippen LogP contribution >= 0.6 is 0 Å². The molecule has 0 heterocycles. The molecule has 0 rings (SSSR count). The van der Waals surface area contributed by atoms with Crippen molar-refractivity contribution in [3.05, 3.63) is 61.3 Å². The number of nitrogens with zero attached hydrogens (tertiary/aromatic N) is 4. The zero-order valence-electron chi connectivity index (χ0n) is 8.27. The Hall–Kier alpha value is -1.33. The zero-order chi connectivity index (χ0) is 14.3. The fraction of sp³-hybridized carbons (Fsp3) is 0. The van der Waals surface area contributed by atoms with Crippen molar-refractivity contribution in [1.29, 1.82) is 0 Å². The molecule has 0 spiro atoms. The molecule has 0 aliphatic carbocycles. The molecular formula is InN4NaO12. The van der Waals surface area contributed by atoms with Gasteiger partial charge in [-0.1, -0.05) is 0 Å². The second-order valence-electron chi connectivity index (χ2n) is 0.894. The molecule has 0 aromatic heterocycles. The molecule has 0 amide bonds. The van der Waals surface area contributed by atoms with Gasteiger partial charge in [0.15, 0.2) is 0 Å². The molecule has 96 valence electrons. The molecule has 0 aliphatic heterocycles. The van der Waals surface area contributed by atoms with Gasteiger partial charge in [-0.3, -0.25) is 0 Å². The zero-order valence-corrected chi connectivity index (χ0v) is 13.6. The first-order chi connectivity index (χ1) is 6.93. The van der Waals surface area contributed by atoms with Gasteiger partial charge in [0, 0.05) is 0 Å². The Balaban J connectivity index is -0.0000000257. The van der Waals surface area contributed by atoms with Crippen LogP contribution in [0.3, 0.4) is 0 Å². The van der Waals surface area contributed by atoms with Crippen molar-refractivity contribution >= 4 is 25.8 Å². The first-order valence-corrected chi connectivity index (χ1v) is 2.19. The van der Waals surface area contributed by atoms with E-state index in [1.54, 1.807) is 0 Å². The summed E-state index contributed by atoms with van der Waals surface area (Å²) >= 11 is 0. The average molecular weight is 386 g/mol. The van der Waals surface area contributed by atoms with Gasteiger partial charge in [0.25, 0.3) is 0 Å². The minimum Gasteiger partial charge on any atom is -0.356 e. The van der Waals surface area contributed by atoms with Crippen LogP contribution in [0.15, 0.2) is 0 Å². The quantitative estimate of drug-likeness (QED) is 0.217. The maximum atomic E-state index is 8.25. The summed E-state index contributed by atoms with van der Waals surface area (Å²) in [7, 11) is 0. The van der Waals surface area contributed by atoms with E-state index in [1.807, 2.05) is 0 Å². The molecule has 0 aromatic rings. The van der Waals surface area contributed by atoms with Crippen LogP contribution in [0.2, 0.25) is 0 Å². The molecule has 0 fully saturated rings. The van der Waals surface area contributed by atoms with Gasteiger partial charge in [0.05, 0.1) is 20.3 Å². The van der Waals surface area contributed by atoms with E-state index in [0.29, 0.717) is 0 Å². The minimum atomic E-state index is -1.75. The van der Waals surface area contributed by atoms with E-state index >= 15 is 0 Å². The summed E-state index contributed by atoms with van der Waals surface area (Å²) in [4.78, 5) is 33.0. The van der Waals surface area contributed by atoms with E-state index < -0.39 is 20.3 Å². The van der Waals surface area contributed by atoms with Gasteiger partial charge in [0.2, 0.25) is 0 Å². The summed E-state index contributed by atoms with van der Waals surface area (Å²) in [6.45, 7) is 0. The molecule has 0 saturated heterocycles. The first-order valence-electron chi connectivity index (χ1n) is 2.19. The Morgan fingerprint density at radius 2 is 0.444 bits per heavy atom. The second kappa shape index (κ2) is 29.6. The van der Waals surface area contributed by atoms with Gasteiger partial charge >= 0.3 is 55.4 Å². The Morgan fingerprint density at radius 3 is 0.444 bits per heavy atom. The summed E-state index contributed by atoms with van der Waals surface area (Å²) in [6, 6.07) is 0. The van der Waals surface area contributed by atoms with Crippen molar-refractivity contribution < 1.29 is 49.9 Å². The van der Waals surface area contributed by atoms with Crippen LogP contribution in [0.25, 0.3) is 0 Å². The van der Waals surface area contributed by atoms with Crippen LogP contribution in [0, 0.1) is 61.3 Å². The van der Waals surface area contributed by atoms with Crippen molar-refractivity contribution in [1.82, 2.24) is 0 Å². The summed E-state index contributed by atoms with van der Waals surface area (Å²) in [6.07, 6.45) is 0. The van der Waals surface area contributed by atoms with E-state index in [1.165, 1.54) is 0 Å². The third-order valence-corrected chi connectivity index (χ3v) is 0. The van der Waals surface area contributed by atoms with Gasteiger partial charge in [-0.05, 0) is 0 Å². The molecule has 0 N–H and O–H groups in total. The number of hydrogen-bond acceptors (Lipinski definition) is 12. The summed E-state index contributed by atoms with van der Waals surface area (Å²) in [5, 5.41) is 59.0. The molecule has 0 unspecified atom stereocenters. The Bertz CT molecular complexity index is 164. The molecule has 18 heavy (non-hydrogen) atoms. The topological polar surface area (TPSA) is 265 Å². The monoisotopic (exact) mass is 386 g/mol. The Labute approximate surface area is 136 Å². The molecule has 16 nitrogen and oxygen atoms in total. The van der Waals surface area contributed by atoms with E-state index in [2.05, 4.69) is 0 Å². The van der Waals surface area contributed by atoms with Gasteiger partial charge in [-0.2, -0.15) is 0 Å². The third kappa shape index (κ3) is 1550. The van der Waals surface area contributed by atoms with Crippen molar-refractivity contribution in [2.24, 2.45) is 0 Å². The van der Waals surface area contributed by atoms with Crippen molar-refractivity contribution in [2.75, 3.05) is 0 Å². The molecule has 0 bridgehead atoms. The maximum Gasteiger partial charge on any atom is 3.00 e. The number of rotatable bonds is 0. The Kier molecular flexibility index (Phi) is 59.2. The normalized spacial score (nSPS) is 5.33. The molecule has 18 heteroatoms. The molecule has 0 radical (unpaired) electrons. The average Bonchev–Trinajstić information content (AvgIpc) is 1.76. The van der Waals surface area contributed by atoms with E-state index in [4.69, 9.17) is 61.3 Å². The fourth-order valence-corrected chi connectivity index (χ4v) is 0. The predicted octanol–water partition coefficient (Wildman–Crippen LogP) is -4.33. The molecular weight excluding hydrogens is 386 g/mol. The van der Waals surface area contributed by atoms with E-state index in [0.717, 1.165) is 0 Å². The van der Waals surface area contributed by atoms with E-state index in [-0.39, 0.29) is 55.4 Å². The molecule has 0 atom stereocenters. The summed E-state index contributed by atoms with van der Waals surface area (Å²) in [5.74, 6) is 0. The van der Waals surface area contributed by atoms with Crippen LogP contribution in [0.5, 0.6) is 0 Å². The van der Waals surface area contributed by atoms with Crippen molar-refractivity contribution in [2.45, 2.75) is 0 Å². The van der Waals surface area contributed by atoms with Gasteiger partial charge in [-0.25, -0.2) is 0 Å². The predicted molar refractivity (Wildman–Crippen MR) is 47.2 cm³/mol. The van der Waals surface area contributed by atoms with Crippen molar-refractivity contribution in [3.63, 3.8) is 0 Å². The number of hydrogen-bond donors (Lipinski definition) is 0. The SMILES string of the molecule is O=[N+]([O-])[O-].O=[N+]([O-])[O-].O=[N+]([O-])[O-].O=[N+]([O-])[O-].[In+3].[Na+]. The van der Waals surface area contributed by atoms with Gasteiger partial charge in [0.1, 0.15) is 0 Å². The standard InChI is InChI=1S/In.4NO3.Na/c;4*2-1(3)4;/q+3;4*-1;+1. The van der Waals surface area contributed by atoms with Crippen LogP contribution in [-0.2, 0) is 0 Å². The van der Waals surface area contributed by atoms with Crippen LogP contribution < -0.4 is 29.6 Å². The third-order valence-electron chi connectivity index (χ3n) is 0. The maximum absolute atomic E-state index is 8.25. The minimum absolute atomic E-state index is 0. The largest absolute Gasteiger partial charge is 3.00 e. The Morgan fingerprint density at radius 1 is 0.444 bits per heavy atom. The smallest absolute Gasteiger partial charge is 0.356 e. The molecule has 0 aromatic carbocycles. The summed E-state index contributed by atoms with van der Waals surface area (Å²) in [5.41, 5.74) is 0. The van der Waals surface area contributed by atoms with Crippen LogP contribution in [0.1, 0.15) is 0 Å². The molecule has 0 saturated carbocycles. The molecule has 0 aliphatic rings. The fourth-order valence-electron chi connectivity index (χ4n) is 0. The summed E-state index contributed by atoms with van der Waals surface area (Å²) < 4.78 is 0. The van der Waals surface area contributed by atoms with Crippen molar-refractivity contribution in [3.8, 4) is 0 Å². The van der Waals surface area contributed by atoms with Gasteiger partial charge in [-0.15, -0.1) is 0 Å². The first kappa shape index (κ1) is 36.0. The van der Waals surface area contributed by atoms with Crippen LogP contribution in [0.4, 0.5) is 0 Å². The second-order valence-corrected chi connectivity index (χ2v) is 0.894. The van der Waals surface area contributed by atoms with Crippen LogP contribution in [-0.4, -0.2) is 46.2 Å². The van der Waals surface area contributed by atoms with E-state index in [9.17, 15) is 0 Å².